The minimum absolute atomic E-state index is 0.714. The van der Waals surface area contributed by atoms with Gasteiger partial charge in [0.2, 0.25) is 0 Å². The monoisotopic (exact) mass is 498 g/mol. The molecule has 0 radical (unpaired) electrons. The van der Waals surface area contributed by atoms with Gasteiger partial charge in [0.25, 0.3) is 0 Å². The smallest absolute Gasteiger partial charge is 0.156 e. The molecule has 0 fully saturated rings. The van der Waals surface area contributed by atoms with Crippen molar-refractivity contribution < 1.29 is 0 Å². The summed E-state index contributed by atoms with van der Waals surface area (Å²) in [6.07, 6.45) is 6.06. The first-order chi connectivity index (χ1) is 18.1. The lowest BCUT2D eigenvalue weighted by molar-refractivity contribution is 1.12. The number of benzene rings is 4. The van der Waals surface area contributed by atoms with E-state index >= 15 is 0 Å². The lowest BCUT2D eigenvalue weighted by Crippen LogP contribution is -1.98. The van der Waals surface area contributed by atoms with E-state index in [4.69, 9.17) is 21.6 Å². The molecule has 0 saturated heterocycles. The number of hydrogen-bond acceptors (Lipinski definition) is 2. The Morgan fingerprint density at radius 3 is 1.86 bits per heavy atom. The first kappa shape index (κ1) is 24.4. The molecule has 0 bridgehead atoms. The zero-order chi connectivity index (χ0) is 25.6. The summed E-state index contributed by atoms with van der Waals surface area (Å²) in [4.78, 5) is 9.91. The SMILES string of the molecule is C/C=C\C=C(/C)c1nc(-c2ccc(-c3ccccc3)cc2)cc(-c2cccc(-c3cccc(Cl)c3)c2)n1. The van der Waals surface area contributed by atoms with E-state index in [0.29, 0.717) is 5.82 Å². The van der Waals surface area contributed by atoms with E-state index in [1.807, 2.05) is 56.3 Å². The molecule has 0 unspecified atom stereocenters. The molecule has 4 aromatic carbocycles. The molecular weight excluding hydrogens is 472 g/mol. The number of hydrogen-bond donors (Lipinski definition) is 0. The van der Waals surface area contributed by atoms with E-state index in [-0.39, 0.29) is 0 Å². The maximum absolute atomic E-state index is 6.26. The second-order valence-corrected chi connectivity index (χ2v) is 9.31. The molecule has 0 saturated carbocycles. The van der Waals surface area contributed by atoms with Crippen LogP contribution >= 0.6 is 11.6 Å². The summed E-state index contributed by atoms with van der Waals surface area (Å²) < 4.78 is 0. The molecule has 0 atom stereocenters. The summed E-state index contributed by atoms with van der Waals surface area (Å²) in [5, 5.41) is 0.721. The average Bonchev–Trinajstić information content (AvgIpc) is 2.96. The van der Waals surface area contributed by atoms with Gasteiger partial charge in [0.15, 0.2) is 5.82 Å². The van der Waals surface area contributed by atoms with Crippen LogP contribution in [0.5, 0.6) is 0 Å². The molecule has 5 rings (SSSR count). The quantitative estimate of drug-likeness (QED) is 0.218. The largest absolute Gasteiger partial charge is 0.228 e. The zero-order valence-electron chi connectivity index (χ0n) is 20.9. The van der Waals surface area contributed by atoms with Crippen LogP contribution in [0, 0.1) is 0 Å². The molecule has 5 aromatic rings. The zero-order valence-corrected chi connectivity index (χ0v) is 21.7. The van der Waals surface area contributed by atoms with Crippen LogP contribution in [0.3, 0.4) is 0 Å². The minimum Gasteiger partial charge on any atom is -0.228 e. The summed E-state index contributed by atoms with van der Waals surface area (Å²) in [5.74, 6) is 0.714. The van der Waals surface area contributed by atoms with E-state index in [1.54, 1.807) is 0 Å². The Morgan fingerprint density at radius 2 is 1.16 bits per heavy atom. The Bertz CT molecular complexity index is 1580. The first-order valence-corrected chi connectivity index (χ1v) is 12.7. The standard InChI is InChI=1S/C34H27ClN2/c1-3-4-10-24(2)34-36-32(27-19-17-26(18-20-27)25-11-6-5-7-12-25)23-33(37-34)30-15-8-13-28(21-30)29-14-9-16-31(35)22-29/h3-23H,1-2H3/b4-3-,24-10+. The lowest BCUT2D eigenvalue weighted by Gasteiger charge is -2.11. The summed E-state index contributed by atoms with van der Waals surface area (Å²) >= 11 is 6.26. The van der Waals surface area contributed by atoms with E-state index in [9.17, 15) is 0 Å². The second-order valence-electron chi connectivity index (χ2n) is 8.87. The maximum Gasteiger partial charge on any atom is 0.156 e. The van der Waals surface area contributed by atoms with Gasteiger partial charge in [0.1, 0.15) is 0 Å². The van der Waals surface area contributed by atoms with Crippen LogP contribution in [0.1, 0.15) is 19.7 Å². The van der Waals surface area contributed by atoms with Crippen LogP contribution < -0.4 is 0 Å². The van der Waals surface area contributed by atoms with Crippen LogP contribution in [0.2, 0.25) is 5.02 Å². The highest BCUT2D eigenvalue weighted by atomic mass is 35.5. The average molecular weight is 499 g/mol. The topological polar surface area (TPSA) is 25.8 Å². The molecule has 3 heteroatoms. The number of nitrogens with zero attached hydrogens (tertiary/aromatic N) is 2. The van der Waals surface area contributed by atoms with Crippen LogP contribution in [0.15, 0.2) is 127 Å². The third-order valence-electron chi connectivity index (χ3n) is 6.22. The second kappa shape index (κ2) is 11.2. The van der Waals surface area contributed by atoms with E-state index < -0.39 is 0 Å². The van der Waals surface area contributed by atoms with E-state index in [0.717, 1.165) is 44.2 Å². The van der Waals surface area contributed by atoms with Crippen LogP contribution in [-0.2, 0) is 0 Å². The highest BCUT2D eigenvalue weighted by Crippen LogP contribution is 2.31. The van der Waals surface area contributed by atoms with Gasteiger partial charge in [0, 0.05) is 16.1 Å². The fraction of sp³-hybridized carbons (Fsp3) is 0.0588. The summed E-state index contributed by atoms with van der Waals surface area (Å²) in [6.45, 7) is 4.05. The van der Waals surface area contributed by atoms with Gasteiger partial charge >= 0.3 is 0 Å². The predicted octanol–water partition coefficient (Wildman–Crippen LogP) is 9.78. The van der Waals surface area contributed by atoms with Crippen molar-refractivity contribution in [1.82, 2.24) is 9.97 Å². The molecule has 1 heterocycles. The Kier molecular flexibility index (Phi) is 7.39. The van der Waals surface area contributed by atoms with E-state index in [2.05, 4.69) is 84.9 Å². The van der Waals surface area contributed by atoms with Gasteiger partial charge in [-0.05, 0) is 65.9 Å². The normalized spacial score (nSPS) is 11.7. The fourth-order valence-corrected chi connectivity index (χ4v) is 4.41. The molecule has 180 valence electrons. The first-order valence-electron chi connectivity index (χ1n) is 12.3. The molecule has 0 amide bonds. The number of halogens is 1. The Labute approximate surface area is 223 Å². The lowest BCUT2D eigenvalue weighted by atomic mass is 9.99. The van der Waals surface area contributed by atoms with Gasteiger partial charge in [0.05, 0.1) is 11.4 Å². The third kappa shape index (κ3) is 5.77. The van der Waals surface area contributed by atoms with Crippen LogP contribution in [-0.4, -0.2) is 9.97 Å². The van der Waals surface area contributed by atoms with Crippen LogP contribution in [0.25, 0.3) is 50.3 Å². The summed E-state index contributed by atoms with van der Waals surface area (Å²) in [5.41, 5.74) is 9.40. The van der Waals surface area contributed by atoms with E-state index in [1.165, 1.54) is 11.1 Å². The number of allylic oxidation sites excluding steroid dienone is 4. The Hall–Kier alpha value is -4.27. The highest BCUT2D eigenvalue weighted by Gasteiger charge is 2.11. The molecular formula is C34H27ClN2. The highest BCUT2D eigenvalue weighted by molar-refractivity contribution is 6.30. The summed E-state index contributed by atoms with van der Waals surface area (Å²) in [7, 11) is 0. The van der Waals surface area contributed by atoms with Crippen molar-refractivity contribution in [2.24, 2.45) is 0 Å². The third-order valence-corrected chi connectivity index (χ3v) is 6.46. The summed E-state index contributed by atoms with van der Waals surface area (Å²) in [6, 6.07) is 37.3. The molecule has 0 aliphatic rings. The fourth-order valence-electron chi connectivity index (χ4n) is 4.22. The van der Waals surface area contributed by atoms with Crippen molar-refractivity contribution >= 4 is 17.2 Å². The molecule has 0 aliphatic heterocycles. The van der Waals surface area contributed by atoms with Crippen molar-refractivity contribution in [3.05, 3.63) is 138 Å². The van der Waals surface area contributed by atoms with Crippen LogP contribution in [0.4, 0.5) is 0 Å². The molecule has 0 aliphatic carbocycles. The molecule has 0 spiro atoms. The number of rotatable bonds is 6. The molecule has 2 nitrogen and oxygen atoms in total. The minimum atomic E-state index is 0.714. The van der Waals surface area contributed by atoms with Gasteiger partial charge in [-0.1, -0.05) is 115 Å². The van der Waals surface area contributed by atoms with Crippen molar-refractivity contribution in [3.8, 4) is 44.8 Å². The van der Waals surface area contributed by atoms with Gasteiger partial charge < -0.3 is 0 Å². The molecule has 0 N–H and O–H groups in total. The Morgan fingerprint density at radius 1 is 0.595 bits per heavy atom. The number of aromatic nitrogens is 2. The van der Waals surface area contributed by atoms with Gasteiger partial charge in [-0.25, -0.2) is 9.97 Å². The predicted molar refractivity (Wildman–Crippen MR) is 157 cm³/mol. The van der Waals surface area contributed by atoms with Crippen molar-refractivity contribution in [1.29, 1.82) is 0 Å². The van der Waals surface area contributed by atoms with Gasteiger partial charge in [-0.2, -0.15) is 0 Å². The van der Waals surface area contributed by atoms with Gasteiger partial charge in [-0.3, -0.25) is 0 Å². The maximum atomic E-state index is 6.26. The molecule has 1 aromatic heterocycles. The van der Waals surface area contributed by atoms with Crippen molar-refractivity contribution in [2.45, 2.75) is 13.8 Å². The molecule has 37 heavy (non-hydrogen) atoms. The van der Waals surface area contributed by atoms with Gasteiger partial charge in [-0.15, -0.1) is 0 Å². The van der Waals surface area contributed by atoms with Crippen molar-refractivity contribution in [3.63, 3.8) is 0 Å². The Balaban J connectivity index is 1.59. The van der Waals surface area contributed by atoms with Crippen molar-refractivity contribution in [2.75, 3.05) is 0 Å².